The van der Waals surface area contributed by atoms with Gasteiger partial charge in [-0.2, -0.15) is 0 Å². The van der Waals surface area contributed by atoms with Gasteiger partial charge >= 0.3 is 0 Å². The predicted molar refractivity (Wildman–Crippen MR) is 55.8 cm³/mol. The average molecular weight is 207 g/mol. The molecule has 2 aromatic rings. The van der Waals surface area contributed by atoms with E-state index in [1.54, 1.807) is 0 Å². The lowest BCUT2D eigenvalue weighted by Gasteiger charge is -2.16. The van der Waals surface area contributed by atoms with Crippen LogP contribution < -0.4 is 10.2 Å². The van der Waals surface area contributed by atoms with E-state index in [2.05, 4.69) is 25.9 Å². The molecule has 0 aliphatic rings. The highest BCUT2D eigenvalue weighted by atomic mass is 15.6. The maximum atomic E-state index is 4.27. The fraction of sp³-hybridized carbons (Fsp3) is 0.500. The van der Waals surface area contributed by atoms with Crippen LogP contribution in [0.4, 0.5) is 5.82 Å². The van der Waals surface area contributed by atoms with E-state index in [1.165, 1.54) is 4.63 Å². The first-order valence-electron chi connectivity index (χ1n) is 4.72. The molecule has 2 heterocycles. The standard InChI is InChI=1S/C8H13N7/c1-9-5-6-14(2)8-4-3-7-10-12-13-15(7)11-8/h3-4,9H,5-6H2,1-2H3. The Balaban J connectivity index is 2.19. The summed E-state index contributed by atoms with van der Waals surface area (Å²) < 4.78 is 1.42. The molecule has 7 nitrogen and oxygen atoms in total. The van der Waals surface area contributed by atoms with Crippen LogP contribution in [-0.4, -0.2) is 52.4 Å². The highest BCUT2D eigenvalue weighted by Gasteiger charge is 2.04. The number of hydrogen-bond acceptors (Lipinski definition) is 6. The Morgan fingerprint density at radius 3 is 3.13 bits per heavy atom. The average Bonchev–Trinajstić information content (AvgIpc) is 2.72. The summed E-state index contributed by atoms with van der Waals surface area (Å²) >= 11 is 0. The van der Waals surface area contributed by atoms with E-state index >= 15 is 0 Å². The van der Waals surface area contributed by atoms with E-state index in [1.807, 2.05) is 31.1 Å². The number of likely N-dealkylation sites (N-methyl/N-ethyl adjacent to an activating group) is 2. The quantitative estimate of drug-likeness (QED) is 0.706. The number of rotatable bonds is 4. The molecule has 15 heavy (non-hydrogen) atoms. The predicted octanol–water partition coefficient (Wildman–Crippen LogP) is -0.825. The second kappa shape index (κ2) is 4.18. The van der Waals surface area contributed by atoms with Gasteiger partial charge in [0.25, 0.3) is 0 Å². The summed E-state index contributed by atoms with van der Waals surface area (Å²) in [7, 11) is 3.90. The zero-order valence-corrected chi connectivity index (χ0v) is 8.75. The Morgan fingerprint density at radius 1 is 1.47 bits per heavy atom. The van der Waals surface area contributed by atoms with Gasteiger partial charge in [-0.3, -0.25) is 0 Å². The molecule has 0 aromatic carbocycles. The lowest BCUT2D eigenvalue weighted by atomic mass is 10.4. The van der Waals surface area contributed by atoms with E-state index < -0.39 is 0 Å². The molecule has 0 amide bonds. The van der Waals surface area contributed by atoms with Crippen molar-refractivity contribution in [2.75, 3.05) is 32.1 Å². The summed E-state index contributed by atoms with van der Waals surface area (Å²) in [5.41, 5.74) is 0.653. The molecule has 0 bridgehead atoms. The second-order valence-corrected chi connectivity index (χ2v) is 3.24. The van der Waals surface area contributed by atoms with Crippen molar-refractivity contribution in [1.29, 1.82) is 0 Å². The van der Waals surface area contributed by atoms with Gasteiger partial charge in [-0.05, 0) is 29.6 Å². The third kappa shape index (κ3) is 2.01. The van der Waals surface area contributed by atoms with Gasteiger partial charge in [-0.15, -0.1) is 14.8 Å². The van der Waals surface area contributed by atoms with Gasteiger partial charge in [-0.1, -0.05) is 0 Å². The molecule has 0 aliphatic carbocycles. The fourth-order valence-electron chi connectivity index (χ4n) is 1.24. The zero-order valence-electron chi connectivity index (χ0n) is 8.75. The van der Waals surface area contributed by atoms with Crippen LogP contribution in [0, 0.1) is 0 Å². The highest BCUT2D eigenvalue weighted by Crippen LogP contribution is 2.07. The minimum atomic E-state index is 0.653. The highest BCUT2D eigenvalue weighted by molar-refractivity contribution is 5.43. The van der Waals surface area contributed by atoms with Crippen molar-refractivity contribution in [3.63, 3.8) is 0 Å². The van der Waals surface area contributed by atoms with E-state index in [4.69, 9.17) is 0 Å². The molecule has 0 saturated carbocycles. The Bertz CT molecular complexity index is 437. The minimum Gasteiger partial charge on any atom is -0.357 e. The molecule has 7 heteroatoms. The third-order valence-electron chi connectivity index (χ3n) is 2.14. The van der Waals surface area contributed by atoms with Crippen molar-refractivity contribution in [2.45, 2.75) is 0 Å². The lowest BCUT2D eigenvalue weighted by molar-refractivity contribution is 0.708. The molecule has 0 spiro atoms. The molecular formula is C8H13N7. The first-order valence-corrected chi connectivity index (χ1v) is 4.72. The van der Waals surface area contributed by atoms with Crippen molar-refractivity contribution in [1.82, 2.24) is 30.6 Å². The molecule has 0 atom stereocenters. The summed E-state index contributed by atoms with van der Waals surface area (Å²) in [4.78, 5) is 2.04. The summed E-state index contributed by atoms with van der Waals surface area (Å²) in [6, 6.07) is 3.75. The number of tetrazole rings is 1. The Morgan fingerprint density at radius 2 is 2.33 bits per heavy atom. The molecule has 0 fully saturated rings. The maximum absolute atomic E-state index is 4.27. The molecule has 0 radical (unpaired) electrons. The van der Waals surface area contributed by atoms with Gasteiger partial charge < -0.3 is 10.2 Å². The lowest BCUT2D eigenvalue weighted by Crippen LogP contribution is -2.28. The van der Waals surface area contributed by atoms with E-state index in [0.29, 0.717) is 5.65 Å². The molecule has 0 saturated heterocycles. The van der Waals surface area contributed by atoms with Crippen molar-refractivity contribution in [3.05, 3.63) is 12.1 Å². The molecule has 1 N–H and O–H groups in total. The summed E-state index contributed by atoms with van der Waals surface area (Å²) in [5, 5.41) is 18.4. The van der Waals surface area contributed by atoms with Crippen LogP contribution in [0.3, 0.4) is 0 Å². The minimum absolute atomic E-state index is 0.653. The van der Waals surface area contributed by atoms with Crippen LogP contribution in [0.1, 0.15) is 0 Å². The fourth-order valence-corrected chi connectivity index (χ4v) is 1.24. The molecule has 0 aliphatic heterocycles. The van der Waals surface area contributed by atoms with Crippen LogP contribution in [0.2, 0.25) is 0 Å². The van der Waals surface area contributed by atoms with Crippen molar-refractivity contribution in [3.8, 4) is 0 Å². The van der Waals surface area contributed by atoms with Gasteiger partial charge in [0.2, 0.25) is 0 Å². The van der Waals surface area contributed by atoms with Gasteiger partial charge in [0.15, 0.2) is 11.5 Å². The molecule has 80 valence electrons. The SMILES string of the molecule is CNCCN(C)c1ccc2nnnn2n1. The Labute approximate surface area is 87.1 Å². The maximum Gasteiger partial charge on any atom is 0.200 e. The Kier molecular flexibility index (Phi) is 2.72. The van der Waals surface area contributed by atoms with Crippen molar-refractivity contribution in [2.24, 2.45) is 0 Å². The normalized spacial score (nSPS) is 10.8. The third-order valence-corrected chi connectivity index (χ3v) is 2.14. The van der Waals surface area contributed by atoms with Gasteiger partial charge in [0, 0.05) is 20.1 Å². The van der Waals surface area contributed by atoms with Gasteiger partial charge in [0.1, 0.15) is 0 Å². The monoisotopic (exact) mass is 207 g/mol. The smallest absolute Gasteiger partial charge is 0.200 e. The van der Waals surface area contributed by atoms with Crippen molar-refractivity contribution < 1.29 is 0 Å². The molecule has 2 rings (SSSR count). The number of anilines is 1. The van der Waals surface area contributed by atoms with Crippen LogP contribution in [-0.2, 0) is 0 Å². The van der Waals surface area contributed by atoms with Crippen molar-refractivity contribution >= 4 is 11.5 Å². The summed E-state index contributed by atoms with van der Waals surface area (Å²) in [5.74, 6) is 0.852. The number of nitrogens with one attached hydrogen (secondary N) is 1. The van der Waals surface area contributed by atoms with E-state index in [9.17, 15) is 0 Å². The van der Waals surface area contributed by atoms with Crippen LogP contribution in [0.25, 0.3) is 5.65 Å². The number of nitrogens with zero attached hydrogens (tertiary/aromatic N) is 6. The van der Waals surface area contributed by atoms with E-state index in [-0.39, 0.29) is 0 Å². The topological polar surface area (TPSA) is 71.2 Å². The number of hydrogen-bond donors (Lipinski definition) is 1. The first-order chi connectivity index (χ1) is 7.31. The summed E-state index contributed by atoms with van der Waals surface area (Å²) in [6.07, 6.45) is 0. The molecular weight excluding hydrogens is 194 g/mol. The second-order valence-electron chi connectivity index (χ2n) is 3.24. The van der Waals surface area contributed by atoms with Gasteiger partial charge in [0.05, 0.1) is 0 Å². The van der Waals surface area contributed by atoms with E-state index in [0.717, 1.165) is 18.9 Å². The van der Waals surface area contributed by atoms with Gasteiger partial charge in [-0.25, -0.2) is 0 Å². The molecule has 0 unspecified atom stereocenters. The largest absolute Gasteiger partial charge is 0.357 e. The van der Waals surface area contributed by atoms with Crippen LogP contribution >= 0.6 is 0 Å². The Hall–Kier alpha value is -1.76. The first kappa shape index (κ1) is 9.78. The van der Waals surface area contributed by atoms with Crippen LogP contribution in [0.5, 0.6) is 0 Å². The molecule has 2 aromatic heterocycles. The number of aromatic nitrogens is 5. The van der Waals surface area contributed by atoms with Crippen LogP contribution in [0.15, 0.2) is 12.1 Å². The number of fused-ring (bicyclic) bond motifs is 1. The zero-order chi connectivity index (χ0) is 10.7. The summed E-state index contributed by atoms with van der Waals surface area (Å²) in [6.45, 7) is 1.79.